The molecule has 2 unspecified atom stereocenters. The molecule has 4 rings (SSSR count). The van der Waals surface area contributed by atoms with Gasteiger partial charge in [0.25, 0.3) is 0 Å². The minimum atomic E-state index is -0.383. The highest BCUT2D eigenvalue weighted by atomic mass is 16.8. The van der Waals surface area contributed by atoms with Crippen molar-refractivity contribution in [3.63, 3.8) is 0 Å². The monoisotopic (exact) mass is 278 g/mol. The molecule has 21 heavy (non-hydrogen) atoms. The normalized spacial score (nSPS) is 21.8. The molecule has 3 nitrogen and oxygen atoms in total. The summed E-state index contributed by atoms with van der Waals surface area (Å²) >= 11 is 0. The third-order valence-electron chi connectivity index (χ3n) is 4.10. The maximum atomic E-state index is 6.12. The van der Waals surface area contributed by atoms with Crippen LogP contribution in [0.3, 0.4) is 0 Å². The van der Waals surface area contributed by atoms with Gasteiger partial charge >= 0.3 is 0 Å². The minimum absolute atomic E-state index is 0.383. The van der Waals surface area contributed by atoms with E-state index in [0.29, 0.717) is 0 Å². The van der Waals surface area contributed by atoms with Crippen LogP contribution in [-0.2, 0) is 4.74 Å². The largest absolute Gasteiger partial charge is 0.459 e. The van der Waals surface area contributed by atoms with Gasteiger partial charge in [-0.3, -0.25) is 4.74 Å². The molecule has 2 bridgehead atoms. The van der Waals surface area contributed by atoms with Crippen molar-refractivity contribution in [2.24, 2.45) is 0 Å². The molecule has 2 heterocycles. The lowest BCUT2D eigenvalue weighted by Gasteiger charge is -2.39. The highest BCUT2D eigenvalue weighted by Crippen LogP contribution is 2.48. The molecule has 0 fully saturated rings. The summed E-state index contributed by atoms with van der Waals surface area (Å²) in [6, 6.07) is 8.42. The van der Waals surface area contributed by atoms with Crippen LogP contribution < -0.4 is 20.4 Å². The lowest BCUT2D eigenvalue weighted by Crippen LogP contribution is -2.32. The van der Waals surface area contributed by atoms with E-state index in [4.69, 9.17) is 14.2 Å². The molecule has 0 N–H and O–H groups in total. The first-order chi connectivity index (χ1) is 10.0. The van der Waals surface area contributed by atoms with Crippen molar-refractivity contribution in [1.29, 1.82) is 0 Å². The molecule has 0 spiro atoms. The quantitative estimate of drug-likeness (QED) is 0.649. The van der Waals surface area contributed by atoms with Crippen molar-refractivity contribution in [2.45, 2.75) is 26.4 Å². The fourth-order valence-corrected chi connectivity index (χ4v) is 3.30. The van der Waals surface area contributed by atoms with Gasteiger partial charge in [-0.25, -0.2) is 0 Å². The van der Waals surface area contributed by atoms with Crippen LogP contribution in [0.2, 0.25) is 0 Å². The van der Waals surface area contributed by atoms with Crippen molar-refractivity contribution in [3.05, 3.63) is 46.5 Å². The molecule has 2 aliphatic heterocycles. The molecule has 0 radical (unpaired) electrons. The minimum Gasteiger partial charge on any atom is -0.459 e. The fourth-order valence-electron chi connectivity index (χ4n) is 3.30. The summed E-state index contributed by atoms with van der Waals surface area (Å²) in [4.78, 5) is 0. The summed E-state index contributed by atoms with van der Waals surface area (Å²) in [5.74, 6) is 1.79. The van der Waals surface area contributed by atoms with E-state index in [9.17, 15) is 0 Å². The molecule has 2 atom stereocenters. The Bertz CT molecular complexity index is 694. The molecule has 2 aliphatic rings. The highest BCUT2D eigenvalue weighted by molar-refractivity contribution is 6.32. The number of rotatable bonds is 0. The van der Waals surface area contributed by atoms with Crippen molar-refractivity contribution in [1.82, 2.24) is 0 Å². The van der Waals surface area contributed by atoms with Gasteiger partial charge in [-0.1, -0.05) is 35.2 Å². The third-order valence-corrected chi connectivity index (χ3v) is 4.10. The maximum absolute atomic E-state index is 6.12. The molecule has 0 saturated carbocycles. The van der Waals surface area contributed by atoms with Gasteiger partial charge in [0.05, 0.1) is 11.1 Å². The summed E-state index contributed by atoms with van der Waals surface area (Å²) in [6.45, 7) is 4.13. The average molecular weight is 278 g/mol. The van der Waals surface area contributed by atoms with Gasteiger partial charge in [0.2, 0.25) is 12.6 Å². The van der Waals surface area contributed by atoms with Crippen molar-refractivity contribution in [2.75, 3.05) is 0 Å². The Kier molecular flexibility index (Phi) is 2.64. The van der Waals surface area contributed by atoms with Gasteiger partial charge < -0.3 is 9.47 Å². The van der Waals surface area contributed by atoms with E-state index in [1.165, 1.54) is 10.9 Å². The van der Waals surface area contributed by atoms with E-state index in [1.54, 1.807) is 0 Å². The first kappa shape index (κ1) is 12.8. The number of aryl methyl sites for hydroxylation is 2. The zero-order chi connectivity index (χ0) is 14.7. The molecule has 104 valence electrons. The van der Waals surface area contributed by atoms with Crippen LogP contribution in [0, 0.1) is 13.8 Å². The molecule has 5 heteroatoms. The topological polar surface area (TPSA) is 27.7 Å². The molecule has 0 amide bonds. The molecular weight excluding hydrogens is 262 g/mol. The van der Waals surface area contributed by atoms with Crippen LogP contribution >= 0.6 is 0 Å². The van der Waals surface area contributed by atoms with Gasteiger partial charge in [0.1, 0.15) is 27.2 Å². The van der Waals surface area contributed by atoms with Gasteiger partial charge in [-0.15, -0.1) is 0 Å². The summed E-state index contributed by atoms with van der Waals surface area (Å²) in [7, 11) is 4.15. The van der Waals surface area contributed by atoms with Gasteiger partial charge in [0.15, 0.2) is 0 Å². The molecule has 2 aromatic rings. The van der Waals surface area contributed by atoms with Gasteiger partial charge in [-0.05, 0) is 25.0 Å². The number of hydrogen-bond donors (Lipinski definition) is 0. The highest BCUT2D eigenvalue weighted by Gasteiger charge is 2.39. The van der Waals surface area contributed by atoms with Crippen molar-refractivity contribution >= 4 is 26.6 Å². The van der Waals surface area contributed by atoms with Crippen LogP contribution in [0.1, 0.15) is 34.8 Å². The summed E-state index contributed by atoms with van der Waals surface area (Å²) in [5.41, 5.74) is 6.59. The number of benzene rings is 2. The maximum Gasteiger partial charge on any atom is 0.233 e. The summed E-state index contributed by atoms with van der Waals surface area (Å²) < 4.78 is 18.2. The molecular formula is C16H16B2O3. The average Bonchev–Trinajstić information content (AvgIpc) is 2.41. The second-order valence-electron chi connectivity index (χ2n) is 6.04. The van der Waals surface area contributed by atoms with E-state index in [1.807, 2.05) is 0 Å². The molecule has 0 saturated heterocycles. The Hall–Kier alpha value is -1.87. The van der Waals surface area contributed by atoms with Crippen LogP contribution in [0.5, 0.6) is 11.5 Å². The third kappa shape index (κ3) is 1.88. The van der Waals surface area contributed by atoms with E-state index in [0.717, 1.165) is 33.8 Å². The molecule has 2 aromatic carbocycles. The van der Waals surface area contributed by atoms with Crippen molar-refractivity contribution < 1.29 is 14.2 Å². The van der Waals surface area contributed by atoms with E-state index in [-0.39, 0.29) is 12.6 Å². The van der Waals surface area contributed by atoms with Crippen molar-refractivity contribution in [3.8, 4) is 11.5 Å². The Morgan fingerprint density at radius 1 is 0.762 bits per heavy atom. The zero-order valence-electron chi connectivity index (χ0n) is 12.7. The van der Waals surface area contributed by atoms with E-state index < -0.39 is 0 Å². The summed E-state index contributed by atoms with van der Waals surface area (Å²) in [5, 5.41) is 0. The Balaban J connectivity index is 1.89. The summed E-state index contributed by atoms with van der Waals surface area (Å²) in [6.07, 6.45) is -0.766. The Morgan fingerprint density at radius 2 is 1.19 bits per heavy atom. The van der Waals surface area contributed by atoms with Gasteiger partial charge in [-0.2, -0.15) is 0 Å². The van der Waals surface area contributed by atoms with Crippen LogP contribution in [-0.4, -0.2) is 15.7 Å². The predicted octanol–water partition coefficient (Wildman–Crippen LogP) is 0.319. The lowest BCUT2D eigenvalue weighted by molar-refractivity contribution is -0.227. The first-order valence-corrected chi connectivity index (χ1v) is 7.24. The van der Waals surface area contributed by atoms with E-state index >= 15 is 0 Å². The number of hydrogen-bond acceptors (Lipinski definition) is 3. The lowest BCUT2D eigenvalue weighted by atomic mass is 9.89. The standard InChI is InChI=1S/C16H16B2O3/c1-7-3-9(17)5-11-13(7)19-16-12-6-10(18)4-8(2)14(12)20-15(11)21-16/h3-6,15-16H,17-18H2,1-2H3. The predicted molar refractivity (Wildman–Crippen MR) is 86.5 cm³/mol. The second-order valence-corrected chi connectivity index (χ2v) is 6.04. The fraction of sp³-hybridized carbons (Fsp3) is 0.250. The Labute approximate surface area is 126 Å². The molecule has 0 aromatic heterocycles. The number of fused-ring (bicyclic) bond motifs is 6. The SMILES string of the molecule is Bc1cc(C)c2c(c1)C1Oc3c(C)cc(B)cc3C(O2)O1. The van der Waals surface area contributed by atoms with Crippen LogP contribution in [0.15, 0.2) is 24.3 Å². The first-order valence-electron chi connectivity index (χ1n) is 7.24. The molecule has 0 aliphatic carbocycles. The Morgan fingerprint density at radius 3 is 1.62 bits per heavy atom. The smallest absolute Gasteiger partial charge is 0.233 e. The number of ether oxygens (including phenoxy) is 3. The van der Waals surface area contributed by atoms with Crippen LogP contribution in [0.25, 0.3) is 0 Å². The zero-order valence-corrected chi connectivity index (χ0v) is 12.7. The van der Waals surface area contributed by atoms with E-state index in [2.05, 4.69) is 53.8 Å². The van der Waals surface area contributed by atoms with Crippen LogP contribution in [0.4, 0.5) is 0 Å². The van der Waals surface area contributed by atoms with Gasteiger partial charge in [0, 0.05) is 0 Å². The second kappa shape index (κ2) is 4.31.